The summed E-state index contributed by atoms with van der Waals surface area (Å²) in [6.07, 6.45) is 4.46. The highest BCUT2D eigenvalue weighted by molar-refractivity contribution is 5.74. The van der Waals surface area contributed by atoms with E-state index in [0.29, 0.717) is 23.9 Å². The Bertz CT molecular complexity index is 819. The minimum Gasteiger partial charge on any atom is -0.379 e. The second-order valence-corrected chi connectivity index (χ2v) is 8.17. The molecule has 0 saturated carbocycles. The molecule has 3 rings (SSSR count). The van der Waals surface area contributed by atoms with Gasteiger partial charge in [0, 0.05) is 45.1 Å². The van der Waals surface area contributed by atoms with Gasteiger partial charge in [-0.05, 0) is 30.0 Å². The van der Waals surface area contributed by atoms with Crippen molar-refractivity contribution < 1.29 is 13.9 Å². The van der Waals surface area contributed by atoms with Crippen LogP contribution >= 0.6 is 0 Å². The molecule has 1 saturated heterocycles. The van der Waals surface area contributed by atoms with Gasteiger partial charge in [0.15, 0.2) is 0 Å². The van der Waals surface area contributed by atoms with Gasteiger partial charge in [0.25, 0.3) is 0 Å². The number of hydrogen-bond donors (Lipinski definition) is 2. The lowest BCUT2D eigenvalue weighted by Crippen LogP contribution is -2.51. The number of urea groups is 1. The fourth-order valence-electron chi connectivity index (χ4n) is 3.88. The number of aryl methyl sites for hydroxylation is 1. The van der Waals surface area contributed by atoms with Crippen molar-refractivity contribution in [3.05, 3.63) is 53.9 Å². The number of imidazole rings is 1. The molecule has 1 aromatic heterocycles. The number of amides is 2. The highest BCUT2D eigenvalue weighted by atomic mass is 19.1. The molecule has 8 heteroatoms. The largest absolute Gasteiger partial charge is 0.379 e. The van der Waals surface area contributed by atoms with E-state index < -0.39 is 6.04 Å². The maximum Gasteiger partial charge on any atom is 0.315 e. The summed E-state index contributed by atoms with van der Waals surface area (Å²) in [6.45, 7) is 8.12. The molecule has 0 radical (unpaired) electrons. The van der Waals surface area contributed by atoms with Crippen LogP contribution in [0.2, 0.25) is 0 Å². The van der Waals surface area contributed by atoms with Crippen LogP contribution in [0.3, 0.4) is 0 Å². The molecular formula is C22H32FN5O2. The molecule has 2 N–H and O–H groups in total. The average molecular weight is 418 g/mol. The zero-order chi connectivity index (χ0) is 21.5. The quantitative estimate of drug-likeness (QED) is 0.693. The molecule has 2 atom stereocenters. The summed E-state index contributed by atoms with van der Waals surface area (Å²) in [6, 6.07) is 5.64. The molecule has 2 amide bonds. The van der Waals surface area contributed by atoms with Crippen molar-refractivity contribution in [2.45, 2.75) is 32.4 Å². The van der Waals surface area contributed by atoms with E-state index in [9.17, 15) is 9.18 Å². The third-order valence-electron chi connectivity index (χ3n) is 5.38. The summed E-state index contributed by atoms with van der Waals surface area (Å²) >= 11 is 0. The predicted octanol–water partition coefficient (Wildman–Crippen LogP) is 2.69. The summed E-state index contributed by atoms with van der Waals surface area (Å²) in [5.74, 6) is 0.816. The molecule has 30 heavy (non-hydrogen) atoms. The first-order valence-corrected chi connectivity index (χ1v) is 10.5. The molecule has 0 aliphatic carbocycles. The summed E-state index contributed by atoms with van der Waals surface area (Å²) in [7, 11) is 1.85. The molecule has 2 aromatic rings. The molecule has 2 heterocycles. The summed E-state index contributed by atoms with van der Waals surface area (Å²) in [5.41, 5.74) is 0.645. The fourth-order valence-corrected chi connectivity index (χ4v) is 3.88. The fraction of sp³-hybridized carbons (Fsp3) is 0.545. The molecule has 7 nitrogen and oxygen atoms in total. The maximum absolute atomic E-state index is 13.8. The summed E-state index contributed by atoms with van der Waals surface area (Å²) in [5, 5.41) is 5.99. The van der Waals surface area contributed by atoms with Crippen LogP contribution in [0.5, 0.6) is 0 Å². The van der Waals surface area contributed by atoms with E-state index in [1.807, 2.05) is 11.6 Å². The Kier molecular flexibility index (Phi) is 7.81. The van der Waals surface area contributed by atoms with Crippen LogP contribution in [0, 0.1) is 11.7 Å². The van der Waals surface area contributed by atoms with Gasteiger partial charge in [0.1, 0.15) is 17.7 Å². The van der Waals surface area contributed by atoms with E-state index >= 15 is 0 Å². The lowest BCUT2D eigenvalue weighted by molar-refractivity contribution is 0.0129. The molecule has 2 unspecified atom stereocenters. The smallest absolute Gasteiger partial charge is 0.315 e. The highest BCUT2D eigenvalue weighted by Crippen LogP contribution is 2.21. The molecule has 1 fully saturated rings. The SMILES string of the molecule is CC(C)CC(CNC(=O)NC(c1cccc(F)c1)c1nccn1C)N1CCOCC1. The molecule has 0 spiro atoms. The first-order valence-electron chi connectivity index (χ1n) is 10.5. The van der Waals surface area contributed by atoms with Gasteiger partial charge in [-0.15, -0.1) is 0 Å². The van der Waals surface area contributed by atoms with Crippen molar-refractivity contribution in [3.8, 4) is 0 Å². The zero-order valence-corrected chi connectivity index (χ0v) is 18.0. The van der Waals surface area contributed by atoms with E-state index in [-0.39, 0.29) is 17.9 Å². The lowest BCUT2D eigenvalue weighted by atomic mass is 10.0. The van der Waals surface area contributed by atoms with Gasteiger partial charge in [0.2, 0.25) is 0 Å². The molecule has 1 aliphatic rings. The Morgan fingerprint density at radius 1 is 1.30 bits per heavy atom. The minimum absolute atomic E-state index is 0.250. The first kappa shape index (κ1) is 22.2. The number of carbonyl (C=O) groups excluding carboxylic acids is 1. The first-order chi connectivity index (χ1) is 14.4. The van der Waals surface area contributed by atoms with E-state index in [4.69, 9.17) is 4.74 Å². The topological polar surface area (TPSA) is 71.4 Å². The van der Waals surface area contributed by atoms with Crippen molar-refractivity contribution in [3.63, 3.8) is 0 Å². The van der Waals surface area contributed by atoms with Gasteiger partial charge >= 0.3 is 6.03 Å². The van der Waals surface area contributed by atoms with Crippen LogP contribution in [0.4, 0.5) is 9.18 Å². The number of rotatable bonds is 8. The summed E-state index contributed by atoms with van der Waals surface area (Å²) < 4.78 is 21.1. The van der Waals surface area contributed by atoms with Crippen LogP contribution in [0.25, 0.3) is 0 Å². The Morgan fingerprint density at radius 2 is 2.07 bits per heavy atom. The van der Waals surface area contributed by atoms with Gasteiger partial charge in [0.05, 0.1) is 13.2 Å². The van der Waals surface area contributed by atoms with Gasteiger partial charge in [-0.2, -0.15) is 0 Å². The second-order valence-electron chi connectivity index (χ2n) is 8.17. The van der Waals surface area contributed by atoms with Gasteiger partial charge in [-0.3, -0.25) is 4.90 Å². The Labute approximate surface area is 177 Å². The van der Waals surface area contributed by atoms with E-state index in [2.05, 4.69) is 34.4 Å². The second kappa shape index (κ2) is 10.5. The normalized spacial score (nSPS) is 17.0. The minimum atomic E-state index is -0.548. The number of hydrogen-bond acceptors (Lipinski definition) is 4. The van der Waals surface area contributed by atoms with Crippen molar-refractivity contribution in [2.75, 3.05) is 32.8 Å². The average Bonchev–Trinajstić information content (AvgIpc) is 3.15. The van der Waals surface area contributed by atoms with Crippen LogP contribution < -0.4 is 10.6 Å². The van der Waals surface area contributed by atoms with Crippen molar-refractivity contribution in [1.29, 1.82) is 0 Å². The van der Waals surface area contributed by atoms with Crippen molar-refractivity contribution >= 4 is 6.03 Å². The monoisotopic (exact) mass is 417 g/mol. The predicted molar refractivity (Wildman–Crippen MR) is 114 cm³/mol. The standard InChI is InChI=1S/C22H32FN5O2/c1-16(2)13-19(28-9-11-30-12-10-28)15-25-22(29)26-20(21-24-7-8-27(21)3)17-5-4-6-18(23)14-17/h4-8,14,16,19-20H,9-13,15H2,1-3H3,(H2,25,26,29). The van der Waals surface area contributed by atoms with Crippen LogP contribution in [-0.2, 0) is 11.8 Å². The van der Waals surface area contributed by atoms with Crippen molar-refractivity contribution in [2.24, 2.45) is 13.0 Å². The highest BCUT2D eigenvalue weighted by Gasteiger charge is 2.24. The van der Waals surface area contributed by atoms with E-state index in [0.717, 1.165) is 32.7 Å². The number of nitrogens with zero attached hydrogens (tertiary/aromatic N) is 3. The van der Waals surface area contributed by atoms with Gasteiger partial charge < -0.3 is 19.9 Å². The Hall–Kier alpha value is -2.45. The molecular weight excluding hydrogens is 385 g/mol. The van der Waals surface area contributed by atoms with Crippen LogP contribution in [-0.4, -0.2) is 59.4 Å². The molecule has 1 aliphatic heterocycles. The van der Waals surface area contributed by atoms with E-state index in [1.54, 1.807) is 24.5 Å². The molecule has 1 aromatic carbocycles. The number of nitrogens with one attached hydrogen (secondary N) is 2. The third kappa shape index (κ3) is 6.03. The number of benzene rings is 1. The number of carbonyl (C=O) groups is 1. The Balaban J connectivity index is 1.68. The number of morpholine rings is 1. The molecule has 164 valence electrons. The number of halogens is 1. The van der Waals surface area contributed by atoms with Gasteiger partial charge in [-0.1, -0.05) is 26.0 Å². The number of ether oxygens (including phenoxy) is 1. The summed E-state index contributed by atoms with van der Waals surface area (Å²) in [4.78, 5) is 19.5. The Morgan fingerprint density at radius 3 is 2.70 bits per heavy atom. The van der Waals surface area contributed by atoms with Crippen LogP contribution in [0.15, 0.2) is 36.7 Å². The van der Waals surface area contributed by atoms with Gasteiger partial charge in [-0.25, -0.2) is 14.2 Å². The molecule has 0 bridgehead atoms. The third-order valence-corrected chi connectivity index (χ3v) is 5.38. The zero-order valence-electron chi connectivity index (χ0n) is 18.0. The van der Waals surface area contributed by atoms with Crippen molar-refractivity contribution in [1.82, 2.24) is 25.1 Å². The van der Waals surface area contributed by atoms with E-state index in [1.165, 1.54) is 12.1 Å². The van der Waals surface area contributed by atoms with Crippen LogP contribution in [0.1, 0.15) is 37.7 Å². The number of aromatic nitrogens is 2. The maximum atomic E-state index is 13.8. The lowest BCUT2D eigenvalue weighted by Gasteiger charge is -2.35.